The molecule has 0 aliphatic heterocycles. The largest absolute Gasteiger partial charge is 0.505 e. The highest BCUT2D eigenvalue weighted by atomic mass is 16.3. The summed E-state index contributed by atoms with van der Waals surface area (Å²) in [5.74, 6) is -0.0692. The second-order valence-electron chi connectivity index (χ2n) is 5.06. The zero-order chi connectivity index (χ0) is 15.5. The van der Waals surface area contributed by atoms with Crippen molar-refractivity contribution in [3.63, 3.8) is 0 Å². The van der Waals surface area contributed by atoms with Gasteiger partial charge in [-0.1, -0.05) is 42.5 Å². The summed E-state index contributed by atoms with van der Waals surface area (Å²) in [7, 11) is 0. The van der Waals surface area contributed by atoms with Crippen LogP contribution in [0.3, 0.4) is 0 Å². The zero-order valence-corrected chi connectivity index (χ0v) is 12.2. The number of nitrogens with zero attached hydrogens (tertiary/aromatic N) is 2. The number of fused-ring (bicyclic) bond motifs is 1. The minimum atomic E-state index is -0.155. The van der Waals surface area contributed by atoms with Gasteiger partial charge in [0.2, 0.25) is 5.91 Å². The second kappa shape index (κ2) is 5.85. The van der Waals surface area contributed by atoms with Gasteiger partial charge in [-0.3, -0.25) is 14.4 Å². The molecule has 0 unspecified atom stereocenters. The summed E-state index contributed by atoms with van der Waals surface area (Å²) < 4.78 is 1.49. The monoisotopic (exact) mass is 292 g/mol. The van der Waals surface area contributed by atoms with Gasteiger partial charge in [-0.25, -0.2) is 0 Å². The quantitative estimate of drug-likeness (QED) is 0.749. The molecule has 0 bridgehead atoms. The van der Waals surface area contributed by atoms with Gasteiger partial charge >= 0.3 is 0 Å². The van der Waals surface area contributed by atoms with E-state index in [0.717, 1.165) is 5.56 Å². The summed E-state index contributed by atoms with van der Waals surface area (Å²) >= 11 is 0. The molecule has 22 heavy (non-hydrogen) atoms. The summed E-state index contributed by atoms with van der Waals surface area (Å²) in [4.78, 5) is 16.3. The summed E-state index contributed by atoms with van der Waals surface area (Å²) in [5.41, 5.74) is 2.18. The van der Waals surface area contributed by atoms with E-state index < -0.39 is 0 Å². The van der Waals surface area contributed by atoms with E-state index in [9.17, 15) is 9.90 Å². The Kier molecular flexibility index (Phi) is 3.74. The molecule has 0 saturated heterocycles. The Labute approximate surface area is 128 Å². The minimum absolute atomic E-state index is 0.0858. The van der Waals surface area contributed by atoms with Gasteiger partial charge in [0.05, 0.1) is 12.1 Å². The predicted octanol–water partition coefficient (Wildman–Crippen LogP) is 3.63. The molecule has 0 atom stereocenters. The van der Waals surface area contributed by atoms with Crippen molar-refractivity contribution < 1.29 is 9.90 Å². The molecule has 0 radical (unpaired) electrons. The summed E-state index contributed by atoms with van der Waals surface area (Å²) in [6.07, 6.45) is 1.56. The highest BCUT2D eigenvalue weighted by Gasteiger charge is 2.17. The van der Waals surface area contributed by atoms with Crippen molar-refractivity contribution in [2.45, 2.75) is 13.5 Å². The minimum Gasteiger partial charge on any atom is -0.505 e. The van der Waals surface area contributed by atoms with E-state index in [2.05, 4.69) is 4.99 Å². The molecular weight excluding hydrogens is 276 g/mol. The normalized spacial score (nSPS) is 11.3. The number of carbonyl (C=O) groups excluding carboxylic acids is 1. The Balaban J connectivity index is 2.01. The molecule has 1 heterocycles. The molecule has 4 heteroatoms. The van der Waals surface area contributed by atoms with Crippen LogP contribution in [-0.4, -0.2) is 21.8 Å². The molecule has 2 aromatic carbocycles. The number of carbonyl (C=O) groups is 1. The van der Waals surface area contributed by atoms with Crippen LogP contribution in [0.5, 0.6) is 5.75 Å². The molecule has 0 aliphatic carbocycles. The van der Waals surface area contributed by atoms with E-state index in [0.29, 0.717) is 23.1 Å². The lowest BCUT2D eigenvalue weighted by atomic mass is 10.2. The molecule has 3 rings (SSSR count). The van der Waals surface area contributed by atoms with Crippen LogP contribution in [-0.2, 0) is 6.54 Å². The second-order valence-corrected chi connectivity index (χ2v) is 5.06. The first-order valence-corrected chi connectivity index (χ1v) is 7.05. The van der Waals surface area contributed by atoms with Crippen molar-refractivity contribution in [1.82, 2.24) is 4.57 Å². The standard InChI is InChI=1S/C18H16N2O2/c1-13(21)20-16-10-6-5-9-15(16)18(22)17(20)12-19-11-14-7-3-2-4-8-14/h2-10,12,22H,11H2,1H3. The predicted molar refractivity (Wildman–Crippen MR) is 87.6 cm³/mol. The van der Waals surface area contributed by atoms with Gasteiger partial charge < -0.3 is 5.11 Å². The van der Waals surface area contributed by atoms with Gasteiger partial charge in [-0.2, -0.15) is 0 Å². The van der Waals surface area contributed by atoms with E-state index in [1.165, 1.54) is 11.5 Å². The van der Waals surface area contributed by atoms with Crippen molar-refractivity contribution in [2.75, 3.05) is 0 Å². The first-order chi connectivity index (χ1) is 10.7. The lowest BCUT2D eigenvalue weighted by molar-refractivity contribution is 0.0940. The number of aromatic hydroxyl groups is 1. The summed E-state index contributed by atoms with van der Waals surface area (Å²) in [6, 6.07) is 17.1. The van der Waals surface area contributed by atoms with Crippen LogP contribution in [0.1, 0.15) is 23.0 Å². The number of hydrogen-bond acceptors (Lipinski definition) is 3. The maximum atomic E-state index is 11.9. The number of hydrogen-bond donors (Lipinski definition) is 1. The Hall–Kier alpha value is -2.88. The van der Waals surface area contributed by atoms with E-state index in [-0.39, 0.29) is 11.7 Å². The van der Waals surface area contributed by atoms with Crippen molar-refractivity contribution in [1.29, 1.82) is 0 Å². The van der Waals surface area contributed by atoms with Gasteiger partial charge in [0.15, 0.2) is 5.75 Å². The lowest BCUT2D eigenvalue weighted by Crippen LogP contribution is -2.09. The topological polar surface area (TPSA) is 54.6 Å². The first kappa shape index (κ1) is 14.1. The van der Waals surface area contributed by atoms with Crippen molar-refractivity contribution in [3.8, 4) is 5.75 Å². The van der Waals surface area contributed by atoms with Crippen molar-refractivity contribution in [2.24, 2.45) is 4.99 Å². The summed E-state index contributed by atoms with van der Waals surface area (Å²) in [6.45, 7) is 1.97. The zero-order valence-electron chi connectivity index (χ0n) is 12.2. The average Bonchev–Trinajstić information content (AvgIpc) is 2.82. The average molecular weight is 292 g/mol. The fraction of sp³-hybridized carbons (Fsp3) is 0.111. The first-order valence-electron chi connectivity index (χ1n) is 7.05. The molecule has 0 aliphatic rings. The third-order valence-corrected chi connectivity index (χ3v) is 3.53. The maximum Gasteiger partial charge on any atom is 0.228 e. The Morgan fingerprint density at radius 1 is 1.14 bits per heavy atom. The number of benzene rings is 2. The molecule has 1 N–H and O–H groups in total. The Morgan fingerprint density at radius 3 is 2.55 bits per heavy atom. The molecule has 4 nitrogen and oxygen atoms in total. The van der Waals surface area contributed by atoms with Crippen LogP contribution in [0, 0.1) is 0 Å². The highest BCUT2D eigenvalue weighted by Crippen LogP contribution is 2.30. The number of para-hydroxylation sites is 1. The maximum absolute atomic E-state index is 11.9. The summed E-state index contributed by atoms with van der Waals surface area (Å²) in [5, 5.41) is 11.0. The number of rotatable bonds is 3. The Morgan fingerprint density at radius 2 is 1.82 bits per heavy atom. The number of aromatic nitrogens is 1. The fourth-order valence-electron chi connectivity index (χ4n) is 2.52. The van der Waals surface area contributed by atoms with Gasteiger partial charge in [-0.15, -0.1) is 0 Å². The van der Waals surface area contributed by atoms with E-state index in [1.54, 1.807) is 12.3 Å². The lowest BCUT2D eigenvalue weighted by Gasteiger charge is -2.02. The van der Waals surface area contributed by atoms with Crippen molar-refractivity contribution >= 4 is 23.0 Å². The molecule has 0 saturated carbocycles. The molecular formula is C18H16N2O2. The van der Waals surface area contributed by atoms with Gasteiger partial charge in [0, 0.05) is 18.5 Å². The van der Waals surface area contributed by atoms with E-state index in [4.69, 9.17) is 0 Å². The van der Waals surface area contributed by atoms with Crippen LogP contribution < -0.4 is 0 Å². The van der Waals surface area contributed by atoms with Crippen LogP contribution in [0.15, 0.2) is 59.6 Å². The van der Waals surface area contributed by atoms with E-state index >= 15 is 0 Å². The smallest absolute Gasteiger partial charge is 0.228 e. The molecule has 110 valence electrons. The highest BCUT2D eigenvalue weighted by molar-refractivity contribution is 6.04. The van der Waals surface area contributed by atoms with Crippen LogP contribution in [0.2, 0.25) is 0 Å². The Bertz CT molecular complexity index is 848. The van der Waals surface area contributed by atoms with Crippen LogP contribution in [0.25, 0.3) is 10.9 Å². The third kappa shape index (κ3) is 2.51. The van der Waals surface area contributed by atoms with Gasteiger partial charge in [-0.05, 0) is 17.7 Å². The fourth-order valence-corrected chi connectivity index (χ4v) is 2.52. The van der Waals surface area contributed by atoms with Crippen LogP contribution >= 0.6 is 0 Å². The van der Waals surface area contributed by atoms with Gasteiger partial charge in [0.25, 0.3) is 0 Å². The van der Waals surface area contributed by atoms with Gasteiger partial charge in [0.1, 0.15) is 5.69 Å². The van der Waals surface area contributed by atoms with Crippen molar-refractivity contribution in [3.05, 3.63) is 65.9 Å². The third-order valence-electron chi connectivity index (χ3n) is 3.53. The van der Waals surface area contributed by atoms with Crippen LogP contribution in [0.4, 0.5) is 0 Å². The SMILES string of the molecule is CC(=O)n1c(C=NCc2ccccc2)c(O)c2ccccc21. The molecule has 0 fully saturated rings. The molecule has 3 aromatic rings. The molecule has 0 spiro atoms. The van der Waals surface area contributed by atoms with E-state index in [1.807, 2.05) is 48.5 Å². The number of aliphatic imine (C=N–C) groups is 1. The molecule has 1 aromatic heterocycles. The molecule has 0 amide bonds.